The molecule has 56 heavy (non-hydrogen) atoms. The molecule has 1 aromatic carbocycles. The van der Waals surface area contributed by atoms with E-state index in [1.165, 1.54) is 16.9 Å². The van der Waals surface area contributed by atoms with E-state index in [0.717, 1.165) is 59.2 Å². The quantitative estimate of drug-likeness (QED) is 0.0927. The highest BCUT2D eigenvalue weighted by Crippen LogP contribution is 2.31. The first kappa shape index (κ1) is 46.7. The summed E-state index contributed by atoms with van der Waals surface area (Å²) in [7, 11) is 3.10. The predicted molar refractivity (Wildman–Crippen MR) is 219 cm³/mol. The molecule has 0 atom stereocenters. The number of hydrogen-bond acceptors (Lipinski definition) is 11. The normalized spacial score (nSPS) is 10.8. The molecule has 0 fully saturated rings. The molecule has 0 unspecified atom stereocenters. The van der Waals surface area contributed by atoms with Gasteiger partial charge in [0.15, 0.2) is 4.96 Å². The first-order valence-electron chi connectivity index (χ1n) is 18.6. The fourth-order valence-corrected chi connectivity index (χ4v) is 5.98. The summed E-state index contributed by atoms with van der Waals surface area (Å²) in [4.78, 5) is 73.5. The van der Waals surface area contributed by atoms with Crippen LogP contribution in [0.1, 0.15) is 80.0 Å². The van der Waals surface area contributed by atoms with E-state index in [2.05, 4.69) is 87.3 Å². The Hall–Kier alpha value is -5.45. The summed E-state index contributed by atoms with van der Waals surface area (Å²) in [5.41, 5.74) is 7.02. The van der Waals surface area contributed by atoms with Gasteiger partial charge in [-0.25, -0.2) is 19.6 Å². The number of thiazole rings is 1. The lowest BCUT2D eigenvalue weighted by Crippen LogP contribution is -2.42. The van der Waals surface area contributed by atoms with Crippen molar-refractivity contribution in [2.24, 2.45) is 11.7 Å². The lowest BCUT2D eigenvalue weighted by atomic mass is 10.1. The molecule has 4 amide bonds. The lowest BCUT2D eigenvalue weighted by Gasteiger charge is -2.22. The minimum atomic E-state index is -0.745. The van der Waals surface area contributed by atoms with Gasteiger partial charge in [0, 0.05) is 32.8 Å². The number of fused-ring (bicyclic) bond motifs is 1. The summed E-state index contributed by atoms with van der Waals surface area (Å²) in [6.45, 7) is 15.1. The number of nitrogens with two attached hydrogens (primary N) is 1. The Kier molecular flexibility index (Phi) is 19.6. The topological polar surface area (TPSA) is 206 Å². The molecule has 0 aliphatic rings. The van der Waals surface area contributed by atoms with E-state index in [0.29, 0.717) is 31.7 Å². The lowest BCUT2D eigenvalue weighted by molar-refractivity contribution is -0.133. The summed E-state index contributed by atoms with van der Waals surface area (Å²) in [5.74, 6) is 1.94. The Morgan fingerprint density at radius 3 is 2.21 bits per heavy atom. The summed E-state index contributed by atoms with van der Waals surface area (Å²) < 4.78 is 11.0. The van der Waals surface area contributed by atoms with E-state index in [9.17, 15) is 24.0 Å². The van der Waals surface area contributed by atoms with Crippen molar-refractivity contribution in [3.8, 4) is 21.7 Å². The maximum Gasteiger partial charge on any atom is 0.408 e. The van der Waals surface area contributed by atoms with Crippen molar-refractivity contribution in [3.63, 3.8) is 0 Å². The number of aromatic nitrogens is 4. The van der Waals surface area contributed by atoms with Crippen molar-refractivity contribution in [3.05, 3.63) is 48.7 Å². The number of aromatic amines is 1. The van der Waals surface area contributed by atoms with Crippen LogP contribution < -0.4 is 16.4 Å². The Morgan fingerprint density at radius 2 is 1.68 bits per heavy atom. The molecule has 5 N–H and O–H groups in total. The maximum atomic E-state index is 12.6. The molecule has 0 radical (unpaired) electrons. The number of ether oxygens (including phenoxy) is 2. The zero-order valence-electron chi connectivity index (χ0n) is 34.1. The summed E-state index contributed by atoms with van der Waals surface area (Å²) in [6, 6.07) is 8.44. The van der Waals surface area contributed by atoms with E-state index in [-0.39, 0.29) is 24.9 Å². The highest BCUT2D eigenvalue weighted by atomic mass is 32.1. The molecule has 16 nitrogen and oxygen atoms in total. The minimum absolute atomic E-state index is 0.0504. The number of rotatable bonds is 16. The van der Waals surface area contributed by atoms with Crippen LogP contribution >= 0.6 is 11.3 Å². The van der Waals surface area contributed by atoms with Gasteiger partial charge in [0.05, 0.1) is 43.2 Å². The number of amides is 4. The van der Waals surface area contributed by atoms with Gasteiger partial charge in [0.25, 0.3) is 0 Å². The van der Waals surface area contributed by atoms with Gasteiger partial charge in [0.2, 0.25) is 11.8 Å². The molecule has 0 bridgehead atoms. The van der Waals surface area contributed by atoms with Gasteiger partial charge in [-0.2, -0.15) is 0 Å². The number of carbonyl (C=O) groups excluding carboxylic acids is 5. The van der Waals surface area contributed by atoms with Crippen LogP contribution in [0.5, 0.6) is 0 Å². The zero-order valence-corrected chi connectivity index (χ0v) is 35.0. The van der Waals surface area contributed by atoms with Gasteiger partial charge in [-0.05, 0) is 50.7 Å². The number of unbranched alkanes of at least 4 members (excludes halogenated alkanes) is 1. The summed E-state index contributed by atoms with van der Waals surface area (Å²) in [6.07, 6.45) is 8.50. The molecule has 0 saturated carbocycles. The van der Waals surface area contributed by atoms with Crippen LogP contribution in [-0.2, 0) is 30.4 Å². The third-order valence-corrected chi connectivity index (χ3v) is 8.75. The number of nitrogens with one attached hydrogen (secondary N) is 3. The number of primary amides is 1. The molecule has 3 aromatic heterocycles. The van der Waals surface area contributed by atoms with Crippen molar-refractivity contribution < 1.29 is 33.4 Å². The van der Waals surface area contributed by atoms with Crippen LogP contribution in [0.2, 0.25) is 0 Å². The number of hydrogen-bond donors (Lipinski definition) is 4. The Morgan fingerprint density at radius 1 is 1.02 bits per heavy atom. The predicted octanol–water partition coefficient (Wildman–Crippen LogP) is 6.33. The zero-order chi connectivity index (χ0) is 41.8. The van der Waals surface area contributed by atoms with Crippen LogP contribution in [-0.4, -0.2) is 105 Å². The first-order valence-corrected chi connectivity index (χ1v) is 19.5. The molecule has 0 aliphatic carbocycles. The molecule has 17 heteroatoms. The number of alkyl carbamates (subject to hydrolysis) is 1. The minimum Gasteiger partial charge on any atom is -0.453 e. The van der Waals surface area contributed by atoms with Gasteiger partial charge in [-0.15, -0.1) is 0 Å². The van der Waals surface area contributed by atoms with Crippen LogP contribution in [0, 0.1) is 5.92 Å². The number of anilines is 1. The van der Waals surface area contributed by atoms with Crippen molar-refractivity contribution in [2.75, 3.05) is 45.7 Å². The second-order valence-corrected chi connectivity index (χ2v) is 15.1. The fourth-order valence-electron chi connectivity index (χ4n) is 5.00. The summed E-state index contributed by atoms with van der Waals surface area (Å²) in [5, 5.41) is 5.45. The van der Waals surface area contributed by atoms with E-state index in [1.807, 2.05) is 35.7 Å². The van der Waals surface area contributed by atoms with Gasteiger partial charge >= 0.3 is 12.2 Å². The molecule has 4 aromatic rings. The highest BCUT2D eigenvalue weighted by Gasteiger charge is 2.19. The SMILES string of the molecule is CCCCN(CC=O)C(=O)CNC(=O)OC(C)(C)C.CCCN(Cc1ncc(-c2ccc(-c3cn4cc(NC)nc4s3)cc2)[nH]1)C(=O)CC(C)C.COC(N)=O. The molecule has 0 spiro atoms. The monoisotopic (exact) mass is 797 g/mol. The Balaban J connectivity index is 0.000000384. The number of aldehydes is 1. The van der Waals surface area contributed by atoms with E-state index in [4.69, 9.17) is 4.74 Å². The number of carbonyl (C=O) groups is 5. The van der Waals surface area contributed by atoms with Gasteiger partial charge < -0.3 is 45.4 Å². The van der Waals surface area contributed by atoms with E-state index in [1.54, 1.807) is 32.1 Å². The van der Waals surface area contributed by atoms with Gasteiger partial charge in [-0.3, -0.25) is 14.0 Å². The van der Waals surface area contributed by atoms with E-state index < -0.39 is 17.8 Å². The number of imidazole rings is 2. The van der Waals surface area contributed by atoms with E-state index >= 15 is 0 Å². The van der Waals surface area contributed by atoms with Crippen LogP contribution in [0.4, 0.5) is 15.4 Å². The van der Waals surface area contributed by atoms with Crippen LogP contribution in [0.3, 0.4) is 0 Å². The second-order valence-electron chi connectivity index (χ2n) is 14.1. The number of nitrogens with zero attached hydrogens (tertiary/aromatic N) is 5. The molecule has 0 saturated heterocycles. The first-order chi connectivity index (χ1) is 26.5. The highest BCUT2D eigenvalue weighted by molar-refractivity contribution is 7.20. The fraction of sp³-hybridized carbons (Fsp3) is 0.513. The second kappa shape index (κ2) is 23.5. The molecule has 308 valence electrons. The number of methoxy groups -OCH3 is 1. The smallest absolute Gasteiger partial charge is 0.408 e. The molecule has 3 heterocycles. The molecule has 4 rings (SSSR count). The van der Waals surface area contributed by atoms with Gasteiger partial charge in [0.1, 0.15) is 30.1 Å². The maximum absolute atomic E-state index is 12.6. The van der Waals surface area contributed by atoms with Crippen LogP contribution in [0.15, 0.2) is 42.9 Å². The van der Waals surface area contributed by atoms with Crippen molar-refractivity contribution in [1.29, 1.82) is 0 Å². The molecule has 0 aliphatic heterocycles. The average Bonchev–Trinajstić information content (AvgIpc) is 3.88. The van der Waals surface area contributed by atoms with Crippen LogP contribution in [0.25, 0.3) is 26.7 Å². The number of H-pyrrole nitrogens is 1. The summed E-state index contributed by atoms with van der Waals surface area (Å²) >= 11 is 1.66. The van der Waals surface area contributed by atoms with Crippen molar-refractivity contribution in [1.82, 2.24) is 34.5 Å². The molecular formula is C39H59N9O7S. The van der Waals surface area contributed by atoms with Crippen molar-refractivity contribution >= 4 is 52.4 Å². The molecular weight excluding hydrogens is 739 g/mol. The largest absolute Gasteiger partial charge is 0.453 e. The third-order valence-electron chi connectivity index (χ3n) is 7.70. The average molecular weight is 798 g/mol. The Bertz CT molecular complexity index is 1800. The van der Waals surface area contributed by atoms with Crippen molar-refractivity contribution in [2.45, 2.75) is 86.3 Å². The third kappa shape index (κ3) is 16.5. The standard InChI is InChI=1S/C24H30N6OS.C13H24N2O4.C2H5NO2/c1-5-10-29(23(31)11-16(2)3)15-22-26-12-19(27-22)17-6-8-18(9-7-17)20-13-30-14-21(25-4)28-24(30)32-20;1-5-6-7-15(8-9-16)11(17)10-14-12(18)19-13(2,3)4;1-5-2(3)4/h6-9,12-14,16,25H,5,10-11,15H2,1-4H3,(H,26,27);9H,5-8,10H2,1-4H3,(H,14,18);1H3,(H2,3,4). The van der Waals surface area contributed by atoms with Gasteiger partial charge in [-0.1, -0.05) is 69.7 Å². The Labute approximate surface area is 333 Å². The number of benzene rings is 1.